The second-order valence-corrected chi connectivity index (χ2v) is 4.48. The van der Waals surface area contributed by atoms with Crippen molar-refractivity contribution in [3.8, 4) is 0 Å². The monoisotopic (exact) mass is 275 g/mol. The molecule has 0 aliphatic rings. The summed E-state index contributed by atoms with van der Waals surface area (Å²) in [5, 5.41) is 31.0. The lowest BCUT2D eigenvalue weighted by atomic mass is 10.0. The normalized spacial score (nSPS) is 11.6. The van der Waals surface area contributed by atoms with Crippen LogP contribution in [0, 0.1) is 0 Å². The van der Waals surface area contributed by atoms with Crippen molar-refractivity contribution in [2.75, 3.05) is 25.1 Å². The first-order valence-electron chi connectivity index (χ1n) is 5.72. The fourth-order valence-corrected chi connectivity index (χ4v) is 1.72. The van der Waals surface area contributed by atoms with E-state index < -0.39 is 25.4 Å². The van der Waals surface area contributed by atoms with Gasteiger partial charge in [0.25, 0.3) is 0 Å². The topological polar surface area (TPSA) is 98.5 Å². The molecular weight excluding hydrogens is 258 g/mol. The number of anilines is 1. The lowest BCUT2D eigenvalue weighted by molar-refractivity contribution is 0.0830. The van der Waals surface area contributed by atoms with Crippen molar-refractivity contribution in [1.29, 1.82) is 0 Å². The van der Waals surface area contributed by atoms with Crippen LogP contribution in [0.3, 0.4) is 0 Å². The van der Waals surface area contributed by atoms with Gasteiger partial charge in [0.2, 0.25) is 0 Å². The molecule has 102 valence electrons. The fourth-order valence-electron chi connectivity index (χ4n) is 1.49. The fraction of sp³-hybridized carbons (Fsp3) is 0.636. The predicted molar refractivity (Wildman–Crippen MR) is 68.6 cm³/mol. The van der Waals surface area contributed by atoms with E-state index >= 15 is 0 Å². The summed E-state index contributed by atoms with van der Waals surface area (Å²) in [7, 11) is 0. The molecule has 0 amide bonds. The smallest absolute Gasteiger partial charge is 0.137 e. The third-order valence-corrected chi connectivity index (χ3v) is 3.01. The molecule has 0 bridgehead atoms. The summed E-state index contributed by atoms with van der Waals surface area (Å²) in [6, 6.07) is 0. The highest BCUT2D eigenvalue weighted by atomic mass is 35.5. The summed E-state index contributed by atoms with van der Waals surface area (Å²) in [5.74, 6) is 0.425. The molecule has 1 rings (SSSR count). The molecule has 0 saturated heterocycles. The van der Waals surface area contributed by atoms with Crippen LogP contribution in [0.4, 0.5) is 5.82 Å². The van der Waals surface area contributed by atoms with Gasteiger partial charge in [0.1, 0.15) is 22.8 Å². The number of halogens is 1. The molecule has 1 aromatic heterocycles. The summed E-state index contributed by atoms with van der Waals surface area (Å²) in [5.41, 5.74) is -0.512. The lowest BCUT2D eigenvalue weighted by Gasteiger charge is -2.30. The minimum atomic E-state index is -1.22. The first-order chi connectivity index (χ1) is 8.62. The second kappa shape index (κ2) is 6.84. The van der Waals surface area contributed by atoms with Gasteiger partial charge in [0, 0.05) is 5.56 Å². The number of nitrogens with one attached hydrogen (secondary N) is 1. The molecule has 1 aromatic rings. The zero-order valence-electron chi connectivity index (χ0n) is 10.2. The second-order valence-electron chi connectivity index (χ2n) is 4.12. The zero-order chi connectivity index (χ0) is 13.6. The van der Waals surface area contributed by atoms with Crippen LogP contribution >= 0.6 is 11.6 Å². The molecular formula is C11H18ClN3O3. The number of aliphatic hydroxyl groups excluding tert-OH is 3. The molecule has 0 aliphatic carbocycles. The highest BCUT2D eigenvalue weighted by Gasteiger charge is 2.29. The number of aromatic nitrogens is 2. The average molecular weight is 276 g/mol. The maximum atomic E-state index is 9.27. The molecule has 0 spiro atoms. The van der Waals surface area contributed by atoms with Gasteiger partial charge in [0.15, 0.2) is 0 Å². The summed E-state index contributed by atoms with van der Waals surface area (Å²) >= 11 is 5.99. The van der Waals surface area contributed by atoms with Gasteiger partial charge in [0.05, 0.1) is 19.8 Å². The molecule has 0 aliphatic heterocycles. The van der Waals surface area contributed by atoms with Gasteiger partial charge in [-0.2, -0.15) is 0 Å². The highest BCUT2D eigenvalue weighted by Crippen LogP contribution is 2.24. The molecule has 0 atom stereocenters. The first-order valence-corrected chi connectivity index (χ1v) is 6.10. The Labute approximate surface area is 111 Å². The van der Waals surface area contributed by atoms with E-state index in [1.54, 1.807) is 0 Å². The largest absolute Gasteiger partial charge is 0.394 e. The minimum absolute atomic E-state index is 0.331. The van der Waals surface area contributed by atoms with E-state index in [1.165, 1.54) is 6.33 Å². The van der Waals surface area contributed by atoms with Crippen LogP contribution in [0.15, 0.2) is 6.33 Å². The SMILES string of the molecule is CCCc1c(Cl)ncnc1NC(CO)(CO)CO. The van der Waals surface area contributed by atoms with Crippen molar-refractivity contribution in [3.63, 3.8) is 0 Å². The summed E-state index contributed by atoms with van der Waals surface area (Å²) in [4.78, 5) is 7.94. The Kier molecular flexibility index (Phi) is 5.74. The molecule has 6 nitrogen and oxygen atoms in total. The van der Waals surface area contributed by atoms with Gasteiger partial charge in [-0.1, -0.05) is 24.9 Å². The van der Waals surface area contributed by atoms with E-state index in [-0.39, 0.29) is 0 Å². The van der Waals surface area contributed by atoms with E-state index in [2.05, 4.69) is 15.3 Å². The standard InChI is InChI=1S/C11H18ClN3O3/c1-2-3-8-9(12)13-7-14-10(8)15-11(4-16,5-17)6-18/h7,16-18H,2-6H2,1H3,(H,13,14,15). The van der Waals surface area contributed by atoms with E-state index in [0.717, 1.165) is 6.42 Å². The number of hydrogen-bond donors (Lipinski definition) is 4. The molecule has 1 heterocycles. The summed E-state index contributed by atoms with van der Waals surface area (Å²) in [6.07, 6.45) is 2.81. The minimum Gasteiger partial charge on any atom is -0.394 e. The maximum absolute atomic E-state index is 9.27. The summed E-state index contributed by atoms with van der Waals surface area (Å²) < 4.78 is 0. The third-order valence-electron chi connectivity index (χ3n) is 2.68. The van der Waals surface area contributed by atoms with Gasteiger partial charge in [-0.3, -0.25) is 0 Å². The molecule has 0 fully saturated rings. The Morgan fingerprint density at radius 3 is 2.33 bits per heavy atom. The predicted octanol–water partition coefficient (Wildman–Crippen LogP) is 0.210. The van der Waals surface area contributed by atoms with E-state index in [1.807, 2.05) is 6.92 Å². The van der Waals surface area contributed by atoms with Crippen LogP contribution in [0.1, 0.15) is 18.9 Å². The van der Waals surface area contributed by atoms with E-state index in [9.17, 15) is 15.3 Å². The maximum Gasteiger partial charge on any atom is 0.137 e. The Balaban J connectivity index is 3.05. The number of hydrogen-bond acceptors (Lipinski definition) is 6. The molecule has 4 N–H and O–H groups in total. The van der Waals surface area contributed by atoms with Gasteiger partial charge >= 0.3 is 0 Å². The van der Waals surface area contributed by atoms with Crippen LogP contribution in [0.2, 0.25) is 5.15 Å². The molecule has 0 radical (unpaired) electrons. The van der Waals surface area contributed by atoms with Crippen LogP contribution in [-0.2, 0) is 6.42 Å². The van der Waals surface area contributed by atoms with Crippen LogP contribution in [0.25, 0.3) is 0 Å². The van der Waals surface area contributed by atoms with Crippen molar-refractivity contribution in [2.24, 2.45) is 0 Å². The van der Waals surface area contributed by atoms with Gasteiger partial charge in [-0.05, 0) is 6.42 Å². The quantitative estimate of drug-likeness (QED) is 0.531. The Morgan fingerprint density at radius 2 is 1.83 bits per heavy atom. The lowest BCUT2D eigenvalue weighted by Crippen LogP contribution is -2.49. The number of rotatable bonds is 7. The average Bonchev–Trinajstić information content (AvgIpc) is 2.40. The molecule has 0 saturated carbocycles. The van der Waals surface area contributed by atoms with Crippen molar-refractivity contribution >= 4 is 17.4 Å². The Morgan fingerprint density at radius 1 is 1.22 bits per heavy atom. The Hall–Kier alpha value is -0.950. The molecule has 18 heavy (non-hydrogen) atoms. The van der Waals surface area contributed by atoms with Crippen molar-refractivity contribution < 1.29 is 15.3 Å². The summed E-state index contributed by atoms with van der Waals surface area (Å²) in [6.45, 7) is 0.720. The van der Waals surface area contributed by atoms with E-state index in [4.69, 9.17) is 11.6 Å². The van der Waals surface area contributed by atoms with Gasteiger partial charge in [-0.25, -0.2) is 9.97 Å². The molecule has 0 unspecified atom stereocenters. The molecule has 0 aromatic carbocycles. The number of nitrogens with zero attached hydrogens (tertiary/aromatic N) is 2. The highest BCUT2D eigenvalue weighted by molar-refractivity contribution is 6.30. The molecule has 7 heteroatoms. The van der Waals surface area contributed by atoms with Crippen LogP contribution in [-0.4, -0.2) is 50.6 Å². The number of aliphatic hydroxyl groups is 3. The third kappa shape index (κ3) is 3.29. The van der Waals surface area contributed by atoms with Gasteiger partial charge < -0.3 is 20.6 Å². The van der Waals surface area contributed by atoms with Crippen molar-refractivity contribution in [2.45, 2.75) is 25.3 Å². The first kappa shape index (κ1) is 15.1. The van der Waals surface area contributed by atoms with Crippen LogP contribution in [0.5, 0.6) is 0 Å². The van der Waals surface area contributed by atoms with Gasteiger partial charge in [-0.15, -0.1) is 0 Å². The zero-order valence-corrected chi connectivity index (χ0v) is 11.0. The van der Waals surface area contributed by atoms with Crippen LogP contribution < -0.4 is 5.32 Å². The Bertz CT molecular complexity index is 378. The van der Waals surface area contributed by atoms with Crippen molar-refractivity contribution in [1.82, 2.24) is 9.97 Å². The van der Waals surface area contributed by atoms with Crippen molar-refractivity contribution in [3.05, 3.63) is 17.0 Å². The van der Waals surface area contributed by atoms with E-state index in [0.29, 0.717) is 23.0 Å².